The molecule has 0 saturated heterocycles. The number of benzene rings is 1. The lowest BCUT2D eigenvalue weighted by atomic mass is 9.95. The van der Waals surface area contributed by atoms with Crippen molar-refractivity contribution in [2.24, 2.45) is 0 Å². The van der Waals surface area contributed by atoms with Crippen molar-refractivity contribution >= 4 is 0 Å². The van der Waals surface area contributed by atoms with Gasteiger partial charge in [-0.05, 0) is 44.2 Å². The highest BCUT2D eigenvalue weighted by Gasteiger charge is 2.28. The van der Waals surface area contributed by atoms with Gasteiger partial charge in [0.15, 0.2) is 0 Å². The largest absolute Gasteiger partial charge is 0.387 e. The Labute approximate surface area is 104 Å². The summed E-state index contributed by atoms with van der Waals surface area (Å²) in [5, 5.41) is 14.0. The summed E-state index contributed by atoms with van der Waals surface area (Å²) in [5.74, 6) is 0. The van der Waals surface area contributed by atoms with Gasteiger partial charge in [0.25, 0.3) is 0 Å². The number of rotatable bonds is 5. The topological polar surface area (TPSA) is 32.3 Å². The van der Waals surface area contributed by atoms with E-state index < -0.39 is 0 Å². The molecule has 94 valence electrons. The third-order valence-electron chi connectivity index (χ3n) is 3.59. The van der Waals surface area contributed by atoms with Gasteiger partial charge in [-0.25, -0.2) is 0 Å². The monoisotopic (exact) mass is 233 g/mol. The van der Waals surface area contributed by atoms with Gasteiger partial charge in [0.05, 0.1) is 6.10 Å². The second kappa shape index (κ2) is 5.19. The maximum atomic E-state index is 10.5. The van der Waals surface area contributed by atoms with Crippen LogP contribution in [0.25, 0.3) is 0 Å². The molecule has 2 rings (SSSR count). The van der Waals surface area contributed by atoms with Gasteiger partial charge in [-0.15, -0.1) is 0 Å². The minimum Gasteiger partial charge on any atom is -0.387 e. The summed E-state index contributed by atoms with van der Waals surface area (Å²) in [4.78, 5) is 0. The molecular weight excluding hydrogens is 210 g/mol. The number of hydrogen-bond acceptors (Lipinski definition) is 2. The number of aliphatic hydroxyl groups is 1. The first-order chi connectivity index (χ1) is 8.11. The Bertz CT molecular complexity index is 385. The summed E-state index contributed by atoms with van der Waals surface area (Å²) in [5.41, 5.74) is 3.51. The molecule has 0 amide bonds. The van der Waals surface area contributed by atoms with Gasteiger partial charge in [0.2, 0.25) is 0 Å². The molecule has 1 aromatic carbocycles. The quantitative estimate of drug-likeness (QED) is 0.819. The summed E-state index contributed by atoms with van der Waals surface area (Å²) in [6, 6.07) is 7.11. The van der Waals surface area contributed by atoms with E-state index in [1.807, 2.05) is 0 Å². The van der Waals surface area contributed by atoms with E-state index >= 15 is 0 Å². The Morgan fingerprint density at radius 2 is 2.06 bits per heavy atom. The van der Waals surface area contributed by atoms with Crippen LogP contribution in [0.3, 0.4) is 0 Å². The molecule has 2 N–H and O–H groups in total. The SMILES string of the molecule is CCC(NC1CC1)C(O)c1ccc(C)cc1C. The zero-order valence-corrected chi connectivity index (χ0v) is 11.0. The van der Waals surface area contributed by atoms with Crippen molar-refractivity contribution in [1.82, 2.24) is 5.32 Å². The highest BCUT2D eigenvalue weighted by molar-refractivity contribution is 5.32. The fourth-order valence-electron chi connectivity index (χ4n) is 2.36. The lowest BCUT2D eigenvalue weighted by Crippen LogP contribution is -2.36. The van der Waals surface area contributed by atoms with Crippen LogP contribution in [0.5, 0.6) is 0 Å². The fourth-order valence-corrected chi connectivity index (χ4v) is 2.36. The Hall–Kier alpha value is -0.860. The molecule has 1 aromatic rings. The number of aliphatic hydroxyl groups excluding tert-OH is 1. The maximum absolute atomic E-state index is 10.5. The smallest absolute Gasteiger partial charge is 0.0945 e. The van der Waals surface area contributed by atoms with Crippen LogP contribution in [0.15, 0.2) is 18.2 Å². The van der Waals surface area contributed by atoms with E-state index in [1.54, 1.807) is 0 Å². The first-order valence-electron chi connectivity index (χ1n) is 6.63. The van der Waals surface area contributed by atoms with Gasteiger partial charge in [-0.1, -0.05) is 30.7 Å². The van der Waals surface area contributed by atoms with Gasteiger partial charge in [0.1, 0.15) is 0 Å². The van der Waals surface area contributed by atoms with E-state index in [1.165, 1.54) is 24.0 Å². The van der Waals surface area contributed by atoms with Crippen molar-refractivity contribution in [3.8, 4) is 0 Å². The van der Waals surface area contributed by atoms with Crippen molar-refractivity contribution in [2.75, 3.05) is 0 Å². The molecule has 2 unspecified atom stereocenters. The third kappa shape index (κ3) is 3.08. The van der Waals surface area contributed by atoms with E-state index in [2.05, 4.69) is 44.3 Å². The van der Waals surface area contributed by atoms with Crippen LogP contribution >= 0.6 is 0 Å². The average molecular weight is 233 g/mol. The second-order valence-electron chi connectivity index (χ2n) is 5.26. The molecule has 1 saturated carbocycles. The molecule has 2 heteroatoms. The second-order valence-corrected chi connectivity index (χ2v) is 5.26. The molecule has 0 spiro atoms. The molecule has 17 heavy (non-hydrogen) atoms. The first-order valence-corrected chi connectivity index (χ1v) is 6.63. The molecule has 0 radical (unpaired) electrons. The fraction of sp³-hybridized carbons (Fsp3) is 0.600. The third-order valence-corrected chi connectivity index (χ3v) is 3.59. The zero-order valence-electron chi connectivity index (χ0n) is 11.0. The summed E-state index contributed by atoms with van der Waals surface area (Å²) < 4.78 is 0. The van der Waals surface area contributed by atoms with Gasteiger partial charge < -0.3 is 10.4 Å². The molecule has 2 nitrogen and oxygen atoms in total. The van der Waals surface area contributed by atoms with Crippen LogP contribution in [-0.2, 0) is 0 Å². The van der Waals surface area contributed by atoms with E-state index in [4.69, 9.17) is 0 Å². The van der Waals surface area contributed by atoms with E-state index in [9.17, 15) is 5.11 Å². The molecule has 0 bridgehead atoms. The van der Waals surface area contributed by atoms with Crippen molar-refractivity contribution in [2.45, 2.75) is 58.2 Å². The van der Waals surface area contributed by atoms with Crippen LogP contribution < -0.4 is 5.32 Å². The predicted molar refractivity (Wildman–Crippen MR) is 71.1 cm³/mol. The highest BCUT2D eigenvalue weighted by atomic mass is 16.3. The molecular formula is C15H23NO. The normalized spacial score (nSPS) is 19.1. The lowest BCUT2D eigenvalue weighted by Gasteiger charge is -2.24. The van der Waals surface area contributed by atoms with Gasteiger partial charge in [0, 0.05) is 12.1 Å². The van der Waals surface area contributed by atoms with Crippen LogP contribution in [-0.4, -0.2) is 17.2 Å². The molecule has 1 aliphatic carbocycles. The number of nitrogens with one attached hydrogen (secondary N) is 1. The van der Waals surface area contributed by atoms with Crippen LogP contribution in [0.2, 0.25) is 0 Å². The molecule has 0 aliphatic heterocycles. The van der Waals surface area contributed by atoms with Gasteiger partial charge >= 0.3 is 0 Å². The number of hydrogen-bond donors (Lipinski definition) is 2. The van der Waals surface area contributed by atoms with E-state index in [0.717, 1.165) is 12.0 Å². The Morgan fingerprint density at radius 3 is 2.59 bits per heavy atom. The molecule has 0 aromatic heterocycles. The van der Waals surface area contributed by atoms with E-state index in [-0.39, 0.29) is 12.1 Å². The van der Waals surface area contributed by atoms with Crippen molar-refractivity contribution in [1.29, 1.82) is 0 Å². The van der Waals surface area contributed by atoms with Crippen molar-refractivity contribution in [3.05, 3.63) is 34.9 Å². The molecule has 2 atom stereocenters. The van der Waals surface area contributed by atoms with Crippen LogP contribution in [0, 0.1) is 13.8 Å². The highest BCUT2D eigenvalue weighted by Crippen LogP contribution is 2.27. The molecule has 1 aliphatic rings. The minimum absolute atomic E-state index is 0.184. The maximum Gasteiger partial charge on any atom is 0.0945 e. The summed E-state index contributed by atoms with van der Waals surface area (Å²) in [7, 11) is 0. The van der Waals surface area contributed by atoms with Crippen LogP contribution in [0.1, 0.15) is 49.0 Å². The average Bonchev–Trinajstić information content (AvgIpc) is 3.09. The summed E-state index contributed by atoms with van der Waals surface area (Å²) in [6.07, 6.45) is 3.10. The van der Waals surface area contributed by atoms with Gasteiger partial charge in [-0.2, -0.15) is 0 Å². The van der Waals surface area contributed by atoms with Gasteiger partial charge in [-0.3, -0.25) is 0 Å². The van der Waals surface area contributed by atoms with Crippen molar-refractivity contribution in [3.63, 3.8) is 0 Å². The predicted octanol–water partition coefficient (Wildman–Crippen LogP) is 2.87. The Balaban J connectivity index is 2.12. The Kier molecular flexibility index (Phi) is 3.85. The lowest BCUT2D eigenvalue weighted by molar-refractivity contribution is 0.124. The standard InChI is InChI=1S/C15H23NO/c1-4-14(16-12-6-7-12)15(17)13-8-5-10(2)9-11(13)3/h5,8-9,12,14-17H,4,6-7H2,1-3H3. The first kappa shape index (κ1) is 12.6. The number of aryl methyl sites for hydroxylation is 2. The molecule has 0 heterocycles. The molecule has 1 fully saturated rings. The minimum atomic E-state index is -0.388. The zero-order chi connectivity index (χ0) is 12.4. The van der Waals surface area contributed by atoms with Crippen LogP contribution in [0.4, 0.5) is 0 Å². The summed E-state index contributed by atoms with van der Waals surface area (Å²) in [6.45, 7) is 6.30. The summed E-state index contributed by atoms with van der Waals surface area (Å²) >= 11 is 0. The Morgan fingerprint density at radius 1 is 1.35 bits per heavy atom. The van der Waals surface area contributed by atoms with Crippen molar-refractivity contribution < 1.29 is 5.11 Å². The van der Waals surface area contributed by atoms with E-state index in [0.29, 0.717) is 6.04 Å².